The van der Waals surface area contributed by atoms with Gasteiger partial charge in [-0.15, -0.1) is 11.3 Å². The molecule has 0 aliphatic rings. The number of nitrogens with one attached hydrogen (secondary N) is 1. The van der Waals surface area contributed by atoms with Crippen molar-refractivity contribution >= 4 is 62.2 Å². The largest absolute Gasteiger partial charge is 0.372 e. The number of thiophene rings is 1. The molecule has 0 saturated heterocycles. The quantitative estimate of drug-likeness (QED) is 0.227. The zero-order valence-corrected chi connectivity index (χ0v) is 20.2. The van der Waals surface area contributed by atoms with Crippen molar-refractivity contribution in [3.05, 3.63) is 65.3 Å². The topological polar surface area (TPSA) is 58.1 Å². The number of benzene rings is 2. The molecule has 0 aliphatic heterocycles. The molecule has 0 aliphatic carbocycles. The Morgan fingerprint density at radius 1 is 1.06 bits per heavy atom. The van der Waals surface area contributed by atoms with Crippen LogP contribution in [0, 0.1) is 0 Å². The van der Waals surface area contributed by atoms with Crippen LogP contribution < -0.4 is 10.2 Å². The van der Waals surface area contributed by atoms with Crippen LogP contribution in [0.2, 0.25) is 5.02 Å². The summed E-state index contributed by atoms with van der Waals surface area (Å²) >= 11 is 9.03. The van der Waals surface area contributed by atoms with E-state index in [2.05, 4.69) is 39.4 Å². The number of thioether (sulfide) groups is 1. The number of nitrogens with zero attached hydrogens (tertiary/aromatic N) is 3. The number of hydrogen-bond donors (Lipinski definition) is 1. The molecule has 0 spiro atoms. The Morgan fingerprint density at radius 2 is 1.78 bits per heavy atom. The van der Waals surface area contributed by atoms with Gasteiger partial charge in [-0.3, -0.25) is 4.79 Å². The fourth-order valence-corrected chi connectivity index (χ4v) is 5.39. The van der Waals surface area contributed by atoms with Gasteiger partial charge in [0.1, 0.15) is 16.2 Å². The molecule has 4 rings (SSSR count). The van der Waals surface area contributed by atoms with Crippen molar-refractivity contribution in [1.29, 1.82) is 0 Å². The van der Waals surface area contributed by atoms with Crippen LogP contribution in [-0.2, 0) is 4.79 Å². The lowest BCUT2D eigenvalue weighted by molar-refractivity contribution is -0.113. The Morgan fingerprint density at radius 3 is 2.47 bits per heavy atom. The van der Waals surface area contributed by atoms with Crippen LogP contribution in [0.25, 0.3) is 21.3 Å². The molecule has 4 aromatic rings. The Hall–Kier alpha value is -2.61. The fraction of sp³-hybridized carbons (Fsp3) is 0.208. The van der Waals surface area contributed by atoms with Crippen LogP contribution >= 0.6 is 34.7 Å². The van der Waals surface area contributed by atoms with Gasteiger partial charge in [-0.05, 0) is 55.8 Å². The van der Waals surface area contributed by atoms with E-state index < -0.39 is 0 Å². The first-order valence-electron chi connectivity index (χ1n) is 10.3. The summed E-state index contributed by atoms with van der Waals surface area (Å²) in [6.45, 7) is 6.17. The fourth-order valence-electron chi connectivity index (χ4n) is 3.47. The van der Waals surface area contributed by atoms with Gasteiger partial charge in [-0.25, -0.2) is 9.97 Å². The van der Waals surface area contributed by atoms with Crippen LogP contribution in [0.3, 0.4) is 0 Å². The third-order valence-electron chi connectivity index (χ3n) is 5.11. The number of carbonyl (C=O) groups excluding carboxylic acids is 1. The number of fused-ring (bicyclic) bond motifs is 1. The van der Waals surface area contributed by atoms with E-state index in [9.17, 15) is 4.79 Å². The molecule has 1 amide bonds. The third kappa shape index (κ3) is 5.06. The minimum Gasteiger partial charge on any atom is -0.372 e. The second kappa shape index (κ2) is 10.3. The zero-order valence-electron chi connectivity index (χ0n) is 17.8. The number of aromatic nitrogens is 2. The number of amides is 1. The number of hydrogen-bond acceptors (Lipinski definition) is 6. The van der Waals surface area contributed by atoms with E-state index in [1.165, 1.54) is 11.8 Å². The molecule has 0 fully saturated rings. The maximum Gasteiger partial charge on any atom is 0.234 e. The van der Waals surface area contributed by atoms with Gasteiger partial charge in [0.05, 0.1) is 11.1 Å². The first-order valence-corrected chi connectivity index (χ1v) is 12.6. The average molecular weight is 483 g/mol. The van der Waals surface area contributed by atoms with E-state index in [4.69, 9.17) is 11.6 Å². The Labute approximate surface area is 200 Å². The SMILES string of the molecule is CCN(CC)c1ccc(NC(=O)CSc2ncnc3scc(-c4ccc(Cl)cc4)c23)cc1. The molecule has 0 radical (unpaired) electrons. The summed E-state index contributed by atoms with van der Waals surface area (Å²) < 4.78 is 0. The first-order chi connectivity index (χ1) is 15.6. The smallest absolute Gasteiger partial charge is 0.234 e. The zero-order chi connectivity index (χ0) is 22.5. The molecule has 0 saturated carbocycles. The highest BCUT2D eigenvalue weighted by atomic mass is 35.5. The maximum atomic E-state index is 12.6. The van der Waals surface area contributed by atoms with E-state index in [-0.39, 0.29) is 11.7 Å². The predicted octanol–water partition coefficient (Wildman–Crippen LogP) is 6.59. The van der Waals surface area contributed by atoms with Crippen LogP contribution in [-0.4, -0.2) is 34.7 Å². The standard InChI is InChI=1S/C24H23ClN4OS2/c1-3-29(4-2)19-11-9-18(10-12-19)28-21(30)14-32-24-22-20(13-31-23(22)26-15-27-24)16-5-7-17(25)8-6-16/h5-13,15H,3-4,14H2,1-2H3,(H,28,30). The molecule has 8 heteroatoms. The van der Waals surface area contributed by atoms with Crippen LogP contribution in [0.4, 0.5) is 11.4 Å². The average Bonchev–Trinajstić information content (AvgIpc) is 3.25. The summed E-state index contributed by atoms with van der Waals surface area (Å²) in [7, 11) is 0. The normalized spacial score (nSPS) is 11.0. The van der Waals surface area contributed by atoms with Gasteiger partial charge in [0.25, 0.3) is 0 Å². The molecule has 0 unspecified atom stereocenters. The van der Waals surface area contributed by atoms with Crippen LogP contribution in [0.15, 0.2) is 65.3 Å². The highest BCUT2D eigenvalue weighted by Gasteiger charge is 2.15. The van der Waals surface area contributed by atoms with Crippen molar-refractivity contribution in [3.8, 4) is 11.1 Å². The second-order valence-corrected chi connectivity index (χ2v) is 9.33. The summed E-state index contributed by atoms with van der Waals surface area (Å²) in [4.78, 5) is 24.6. The van der Waals surface area contributed by atoms with Gasteiger partial charge >= 0.3 is 0 Å². The molecule has 0 atom stereocenters. The van der Waals surface area contributed by atoms with Gasteiger partial charge in [0, 0.05) is 40.4 Å². The van der Waals surface area contributed by atoms with Crippen LogP contribution in [0.5, 0.6) is 0 Å². The van der Waals surface area contributed by atoms with Gasteiger partial charge < -0.3 is 10.2 Å². The second-order valence-electron chi connectivity index (χ2n) is 7.07. The van der Waals surface area contributed by atoms with E-state index in [0.717, 1.165) is 50.8 Å². The van der Waals surface area contributed by atoms with E-state index >= 15 is 0 Å². The highest BCUT2D eigenvalue weighted by Crippen LogP contribution is 2.38. The Kier molecular flexibility index (Phi) is 7.29. The van der Waals surface area contributed by atoms with Gasteiger partial charge in [0.15, 0.2) is 0 Å². The molecular weight excluding hydrogens is 460 g/mol. The van der Waals surface area contributed by atoms with Crippen molar-refractivity contribution in [3.63, 3.8) is 0 Å². The summed E-state index contributed by atoms with van der Waals surface area (Å²) in [6, 6.07) is 15.7. The molecule has 0 bridgehead atoms. The summed E-state index contributed by atoms with van der Waals surface area (Å²) in [6.07, 6.45) is 1.55. The van der Waals surface area contributed by atoms with Crippen molar-refractivity contribution in [2.75, 3.05) is 29.1 Å². The Bertz CT molecular complexity index is 1210. The molecule has 2 aromatic carbocycles. The van der Waals surface area contributed by atoms with Gasteiger partial charge in [0.2, 0.25) is 5.91 Å². The summed E-state index contributed by atoms with van der Waals surface area (Å²) in [5, 5.41) is 7.52. The summed E-state index contributed by atoms with van der Waals surface area (Å²) in [5.41, 5.74) is 4.04. The predicted molar refractivity (Wildman–Crippen MR) is 137 cm³/mol. The Balaban J connectivity index is 1.47. The van der Waals surface area contributed by atoms with Gasteiger partial charge in [-0.2, -0.15) is 0 Å². The number of carbonyl (C=O) groups is 1. The lowest BCUT2D eigenvalue weighted by atomic mass is 10.1. The summed E-state index contributed by atoms with van der Waals surface area (Å²) in [5.74, 6) is 0.195. The molecule has 5 nitrogen and oxygen atoms in total. The lowest BCUT2D eigenvalue weighted by Crippen LogP contribution is -2.21. The van der Waals surface area contributed by atoms with E-state index in [1.54, 1.807) is 17.7 Å². The number of anilines is 2. The minimum absolute atomic E-state index is 0.0689. The molecular formula is C24H23ClN4OS2. The minimum atomic E-state index is -0.0689. The van der Waals surface area contributed by atoms with Crippen molar-refractivity contribution in [2.24, 2.45) is 0 Å². The molecule has 2 aromatic heterocycles. The monoisotopic (exact) mass is 482 g/mol. The molecule has 32 heavy (non-hydrogen) atoms. The van der Waals surface area contributed by atoms with Crippen molar-refractivity contribution < 1.29 is 4.79 Å². The third-order valence-corrected chi connectivity index (χ3v) is 7.24. The van der Waals surface area contributed by atoms with Crippen LogP contribution in [0.1, 0.15) is 13.8 Å². The lowest BCUT2D eigenvalue weighted by Gasteiger charge is -2.21. The van der Waals surface area contributed by atoms with E-state index in [1.807, 2.05) is 48.5 Å². The number of halogens is 1. The molecule has 1 N–H and O–H groups in total. The maximum absolute atomic E-state index is 12.6. The first kappa shape index (κ1) is 22.6. The van der Waals surface area contributed by atoms with E-state index in [0.29, 0.717) is 5.02 Å². The number of rotatable bonds is 8. The van der Waals surface area contributed by atoms with Crippen molar-refractivity contribution in [2.45, 2.75) is 18.9 Å². The van der Waals surface area contributed by atoms with Gasteiger partial charge in [-0.1, -0.05) is 35.5 Å². The highest BCUT2D eigenvalue weighted by molar-refractivity contribution is 8.00. The molecule has 2 heterocycles. The molecule has 164 valence electrons. The van der Waals surface area contributed by atoms with Crippen molar-refractivity contribution in [1.82, 2.24) is 9.97 Å².